The number of hydrogen-bond donors (Lipinski definition) is 1. The summed E-state index contributed by atoms with van der Waals surface area (Å²) in [4.78, 5) is 0. The van der Waals surface area contributed by atoms with Gasteiger partial charge >= 0.3 is 0 Å². The lowest BCUT2D eigenvalue weighted by molar-refractivity contribution is 0.921. The van der Waals surface area contributed by atoms with Crippen LogP contribution in [-0.2, 0) is 0 Å². The van der Waals surface area contributed by atoms with Crippen molar-refractivity contribution in [3.63, 3.8) is 0 Å². The van der Waals surface area contributed by atoms with Gasteiger partial charge in [0, 0.05) is 6.04 Å². The number of nitrogens with two attached hydrogens (primary N) is 1. The van der Waals surface area contributed by atoms with E-state index in [1.807, 2.05) is 19.1 Å². The van der Waals surface area contributed by atoms with Crippen LogP contribution in [0.15, 0.2) is 36.0 Å². The van der Waals surface area contributed by atoms with Gasteiger partial charge in [0.2, 0.25) is 0 Å². The Kier molecular flexibility index (Phi) is 3.12. The van der Waals surface area contributed by atoms with Crippen LogP contribution in [0.2, 0.25) is 0 Å². The first-order valence-electron chi connectivity index (χ1n) is 4.09. The lowest BCUT2D eigenvalue weighted by Gasteiger charge is -2.10. The van der Waals surface area contributed by atoms with Crippen LogP contribution in [0, 0.1) is 0 Å². The first-order chi connectivity index (χ1) is 5.34. The van der Waals surface area contributed by atoms with Gasteiger partial charge in [0.25, 0.3) is 0 Å². The van der Waals surface area contributed by atoms with Crippen LogP contribution >= 0.6 is 0 Å². The summed E-state index contributed by atoms with van der Waals surface area (Å²) in [5, 5.41) is 0. The Hall–Kier alpha value is -0.820. The third-order valence-electron chi connectivity index (χ3n) is 1.81. The van der Waals surface area contributed by atoms with Crippen molar-refractivity contribution in [3.05, 3.63) is 36.0 Å². The van der Waals surface area contributed by atoms with E-state index in [9.17, 15) is 0 Å². The molecule has 0 fully saturated rings. The predicted molar refractivity (Wildman–Crippen MR) is 49.2 cm³/mol. The van der Waals surface area contributed by atoms with Gasteiger partial charge < -0.3 is 5.73 Å². The molecule has 1 atom stereocenters. The third-order valence-corrected chi connectivity index (χ3v) is 1.81. The normalized spacial score (nSPS) is 20.4. The number of hydrogen-bond acceptors (Lipinski definition) is 1. The summed E-state index contributed by atoms with van der Waals surface area (Å²) in [6.07, 6.45) is 12.8. The van der Waals surface area contributed by atoms with Gasteiger partial charge in [0.15, 0.2) is 0 Å². The topological polar surface area (TPSA) is 26.0 Å². The van der Waals surface area contributed by atoms with Crippen LogP contribution in [0.4, 0.5) is 0 Å². The lowest BCUT2D eigenvalue weighted by Crippen LogP contribution is -2.19. The summed E-state index contributed by atoms with van der Waals surface area (Å²) >= 11 is 0. The molecule has 1 aliphatic rings. The predicted octanol–water partition coefficient (Wildman–Crippen LogP) is 2.17. The Balaban J connectivity index is 2.59. The maximum Gasteiger partial charge on any atom is 0.0477 e. The van der Waals surface area contributed by atoms with Crippen molar-refractivity contribution in [2.75, 3.05) is 0 Å². The van der Waals surface area contributed by atoms with Gasteiger partial charge in [-0.1, -0.05) is 30.4 Å². The van der Waals surface area contributed by atoms with E-state index in [4.69, 9.17) is 5.73 Å². The summed E-state index contributed by atoms with van der Waals surface area (Å²) in [5.74, 6) is 0. The minimum atomic E-state index is 0.0940. The Bertz CT molecular complexity index is 199. The van der Waals surface area contributed by atoms with Crippen LogP contribution in [0.3, 0.4) is 0 Å². The van der Waals surface area contributed by atoms with Crippen molar-refractivity contribution in [2.24, 2.45) is 5.73 Å². The fourth-order valence-corrected chi connectivity index (χ4v) is 1.20. The molecular formula is C10H15N. The molecule has 0 amide bonds. The molecular weight excluding hydrogens is 134 g/mol. The van der Waals surface area contributed by atoms with E-state index in [0.717, 1.165) is 12.8 Å². The molecule has 0 radical (unpaired) electrons. The fourth-order valence-electron chi connectivity index (χ4n) is 1.20. The van der Waals surface area contributed by atoms with Gasteiger partial charge in [0.1, 0.15) is 0 Å². The highest BCUT2D eigenvalue weighted by Crippen LogP contribution is 2.12. The fraction of sp³-hybridized carbons (Fsp3) is 0.400. The molecule has 0 spiro atoms. The van der Waals surface area contributed by atoms with E-state index in [-0.39, 0.29) is 6.04 Å². The zero-order chi connectivity index (χ0) is 8.10. The van der Waals surface area contributed by atoms with Crippen molar-refractivity contribution < 1.29 is 0 Å². The van der Waals surface area contributed by atoms with Gasteiger partial charge in [-0.25, -0.2) is 0 Å². The van der Waals surface area contributed by atoms with Crippen LogP contribution in [0.25, 0.3) is 0 Å². The Labute approximate surface area is 68.3 Å². The molecule has 1 aliphatic carbocycles. The van der Waals surface area contributed by atoms with Gasteiger partial charge in [-0.3, -0.25) is 0 Å². The molecule has 0 aliphatic heterocycles. The molecule has 0 saturated carbocycles. The average Bonchev–Trinajstić information content (AvgIpc) is 2.07. The van der Waals surface area contributed by atoms with E-state index in [2.05, 4.69) is 18.2 Å². The van der Waals surface area contributed by atoms with Crippen molar-refractivity contribution in [2.45, 2.75) is 25.8 Å². The summed E-state index contributed by atoms with van der Waals surface area (Å²) in [7, 11) is 0. The van der Waals surface area contributed by atoms with Crippen LogP contribution in [0.5, 0.6) is 0 Å². The van der Waals surface area contributed by atoms with Gasteiger partial charge in [-0.2, -0.15) is 0 Å². The standard InChI is InChI=1S/C10H15N/c1-2-6-10(11)9-7-4-3-5-8-9/h2,4,6-8,10H,3,5,11H2,1H3/b6-2-. The summed E-state index contributed by atoms with van der Waals surface area (Å²) in [6.45, 7) is 1.99. The minimum Gasteiger partial charge on any atom is -0.321 e. The summed E-state index contributed by atoms with van der Waals surface area (Å²) in [6, 6.07) is 0.0940. The zero-order valence-corrected chi connectivity index (χ0v) is 6.96. The van der Waals surface area contributed by atoms with Crippen molar-refractivity contribution >= 4 is 0 Å². The Morgan fingerprint density at radius 1 is 1.55 bits per heavy atom. The summed E-state index contributed by atoms with van der Waals surface area (Å²) in [5.41, 5.74) is 7.10. The first kappa shape index (κ1) is 8.28. The van der Waals surface area contributed by atoms with Crippen molar-refractivity contribution in [1.82, 2.24) is 0 Å². The lowest BCUT2D eigenvalue weighted by atomic mass is 10.0. The molecule has 1 unspecified atom stereocenters. The second kappa shape index (κ2) is 4.14. The van der Waals surface area contributed by atoms with Gasteiger partial charge in [-0.15, -0.1) is 0 Å². The molecule has 0 bridgehead atoms. The molecule has 60 valence electrons. The highest BCUT2D eigenvalue weighted by molar-refractivity contribution is 5.30. The maximum atomic E-state index is 5.85. The SMILES string of the molecule is C/C=C\C(N)C1=CCCC=C1. The number of rotatable bonds is 2. The third kappa shape index (κ3) is 2.35. The molecule has 0 aromatic heterocycles. The second-order valence-electron chi connectivity index (χ2n) is 2.74. The van der Waals surface area contributed by atoms with Gasteiger partial charge in [0.05, 0.1) is 0 Å². The number of allylic oxidation sites excluding steroid dienone is 3. The van der Waals surface area contributed by atoms with Crippen LogP contribution in [-0.4, -0.2) is 6.04 Å². The Morgan fingerprint density at radius 3 is 2.91 bits per heavy atom. The second-order valence-corrected chi connectivity index (χ2v) is 2.74. The monoisotopic (exact) mass is 149 g/mol. The van der Waals surface area contributed by atoms with Crippen LogP contribution < -0.4 is 5.73 Å². The highest BCUT2D eigenvalue weighted by Gasteiger charge is 2.02. The molecule has 0 aromatic carbocycles. The molecule has 11 heavy (non-hydrogen) atoms. The Morgan fingerprint density at radius 2 is 2.36 bits per heavy atom. The molecule has 1 heteroatoms. The molecule has 1 rings (SSSR count). The highest BCUT2D eigenvalue weighted by atomic mass is 14.6. The maximum absolute atomic E-state index is 5.85. The largest absolute Gasteiger partial charge is 0.321 e. The quantitative estimate of drug-likeness (QED) is 0.598. The van der Waals surface area contributed by atoms with E-state index in [1.165, 1.54) is 5.57 Å². The van der Waals surface area contributed by atoms with Crippen molar-refractivity contribution in [3.8, 4) is 0 Å². The molecule has 0 heterocycles. The van der Waals surface area contributed by atoms with E-state index >= 15 is 0 Å². The van der Waals surface area contributed by atoms with E-state index in [1.54, 1.807) is 0 Å². The molecule has 2 N–H and O–H groups in total. The zero-order valence-electron chi connectivity index (χ0n) is 6.96. The molecule has 0 aromatic rings. The van der Waals surface area contributed by atoms with Crippen molar-refractivity contribution in [1.29, 1.82) is 0 Å². The minimum absolute atomic E-state index is 0.0940. The summed E-state index contributed by atoms with van der Waals surface area (Å²) < 4.78 is 0. The average molecular weight is 149 g/mol. The smallest absolute Gasteiger partial charge is 0.0477 e. The first-order valence-corrected chi connectivity index (χ1v) is 4.09. The molecule has 0 saturated heterocycles. The van der Waals surface area contributed by atoms with Gasteiger partial charge in [-0.05, 0) is 25.3 Å². The van der Waals surface area contributed by atoms with E-state index in [0.29, 0.717) is 0 Å². The molecule has 1 nitrogen and oxygen atoms in total. The van der Waals surface area contributed by atoms with E-state index < -0.39 is 0 Å². The van der Waals surface area contributed by atoms with Crippen LogP contribution in [0.1, 0.15) is 19.8 Å².